The summed E-state index contributed by atoms with van der Waals surface area (Å²) in [5, 5.41) is 5.58. The van der Waals surface area contributed by atoms with Crippen molar-refractivity contribution in [3.8, 4) is 5.75 Å². The lowest BCUT2D eigenvalue weighted by Gasteiger charge is -2.42. The van der Waals surface area contributed by atoms with Crippen LogP contribution in [-0.4, -0.2) is 69.3 Å². The van der Waals surface area contributed by atoms with E-state index < -0.39 is 0 Å². The predicted molar refractivity (Wildman–Crippen MR) is 101 cm³/mol. The molecule has 2 amide bonds. The predicted octanol–water partition coefficient (Wildman–Crippen LogP) is 1.77. The Kier molecular flexibility index (Phi) is 7.52. The molecule has 1 aliphatic heterocycles. The number of piperidine rings is 1. The van der Waals surface area contributed by atoms with Crippen molar-refractivity contribution in [3.63, 3.8) is 0 Å². The van der Waals surface area contributed by atoms with Gasteiger partial charge in [0.25, 0.3) is 0 Å². The molecule has 25 heavy (non-hydrogen) atoms. The minimum absolute atomic E-state index is 0.104. The van der Waals surface area contributed by atoms with Crippen molar-refractivity contribution in [2.45, 2.75) is 25.9 Å². The van der Waals surface area contributed by atoms with Crippen LogP contribution in [0.2, 0.25) is 0 Å². The Labute approximate surface area is 151 Å². The number of carbonyl (C=O) groups excluding carboxylic acids is 1. The zero-order chi connectivity index (χ0) is 18.2. The van der Waals surface area contributed by atoms with Gasteiger partial charge < -0.3 is 20.3 Å². The first-order valence-corrected chi connectivity index (χ1v) is 9.09. The Bertz CT molecular complexity index is 550. The Morgan fingerprint density at radius 1 is 1.40 bits per heavy atom. The van der Waals surface area contributed by atoms with Crippen molar-refractivity contribution in [1.29, 1.82) is 0 Å². The quantitative estimate of drug-likeness (QED) is 0.788. The Morgan fingerprint density at radius 3 is 2.88 bits per heavy atom. The highest BCUT2D eigenvalue weighted by Crippen LogP contribution is 2.23. The number of hydrogen-bond donors (Lipinski definition) is 2. The molecule has 1 fully saturated rings. The number of nitrogens with zero attached hydrogens (tertiary/aromatic N) is 2. The second-order valence-electron chi connectivity index (χ2n) is 6.86. The maximum absolute atomic E-state index is 11.5. The third-order valence-electron chi connectivity index (χ3n) is 4.84. The highest BCUT2D eigenvalue weighted by atomic mass is 16.5. The van der Waals surface area contributed by atoms with E-state index in [2.05, 4.69) is 52.7 Å². The van der Waals surface area contributed by atoms with E-state index >= 15 is 0 Å². The molecular weight excluding hydrogens is 316 g/mol. The third kappa shape index (κ3) is 5.90. The smallest absolute Gasteiger partial charge is 0.314 e. The van der Waals surface area contributed by atoms with Gasteiger partial charge in [0.15, 0.2) is 0 Å². The normalized spacial score (nSPS) is 21.2. The third-order valence-corrected chi connectivity index (χ3v) is 4.84. The Hall–Kier alpha value is -1.79. The molecular formula is C19H32N4O2. The van der Waals surface area contributed by atoms with Gasteiger partial charge in [-0.3, -0.25) is 4.90 Å². The average Bonchev–Trinajstić information content (AvgIpc) is 2.60. The molecule has 6 heteroatoms. The first-order chi connectivity index (χ1) is 12.0. The molecule has 1 saturated heterocycles. The first kappa shape index (κ1) is 19.5. The lowest BCUT2D eigenvalue weighted by atomic mass is 9.90. The monoisotopic (exact) mass is 348 g/mol. The van der Waals surface area contributed by atoms with Crippen LogP contribution in [0.5, 0.6) is 5.75 Å². The van der Waals surface area contributed by atoms with E-state index in [-0.39, 0.29) is 6.03 Å². The van der Waals surface area contributed by atoms with Gasteiger partial charge in [-0.2, -0.15) is 0 Å². The molecule has 140 valence electrons. The SMILES string of the molecule is CCOc1cccc(CN2CC[C@H](CNC(=O)NC)[C@H](N(C)C)C2)c1. The summed E-state index contributed by atoms with van der Waals surface area (Å²) in [5.74, 6) is 1.41. The van der Waals surface area contributed by atoms with Gasteiger partial charge >= 0.3 is 6.03 Å². The van der Waals surface area contributed by atoms with Gasteiger partial charge in [0.05, 0.1) is 6.61 Å². The summed E-state index contributed by atoms with van der Waals surface area (Å²) in [4.78, 5) is 16.2. The number of likely N-dealkylation sites (tertiary alicyclic amines) is 1. The van der Waals surface area contributed by atoms with Gasteiger partial charge in [0.1, 0.15) is 5.75 Å². The second-order valence-corrected chi connectivity index (χ2v) is 6.86. The van der Waals surface area contributed by atoms with E-state index in [9.17, 15) is 4.79 Å². The molecule has 2 rings (SSSR count). The van der Waals surface area contributed by atoms with Crippen LogP contribution < -0.4 is 15.4 Å². The first-order valence-electron chi connectivity index (χ1n) is 9.09. The molecule has 0 saturated carbocycles. The van der Waals surface area contributed by atoms with Crippen molar-refractivity contribution in [2.24, 2.45) is 5.92 Å². The van der Waals surface area contributed by atoms with E-state index in [0.29, 0.717) is 18.6 Å². The lowest BCUT2D eigenvalue weighted by Crippen LogP contribution is -2.53. The number of rotatable bonds is 7. The minimum Gasteiger partial charge on any atom is -0.494 e. The maximum atomic E-state index is 11.5. The Balaban J connectivity index is 1.94. The summed E-state index contributed by atoms with van der Waals surface area (Å²) in [6.07, 6.45) is 1.08. The van der Waals surface area contributed by atoms with Crippen molar-refractivity contribution < 1.29 is 9.53 Å². The number of carbonyl (C=O) groups is 1. The lowest BCUT2D eigenvalue weighted by molar-refractivity contribution is 0.0782. The van der Waals surface area contributed by atoms with E-state index in [1.54, 1.807) is 7.05 Å². The number of nitrogens with one attached hydrogen (secondary N) is 2. The number of amides is 2. The van der Waals surface area contributed by atoms with Gasteiger partial charge in [-0.1, -0.05) is 12.1 Å². The molecule has 1 aliphatic rings. The van der Waals surface area contributed by atoms with E-state index in [4.69, 9.17) is 4.74 Å². The molecule has 2 atom stereocenters. The molecule has 0 bridgehead atoms. The zero-order valence-electron chi connectivity index (χ0n) is 15.9. The van der Waals surface area contributed by atoms with Gasteiger partial charge in [-0.25, -0.2) is 4.79 Å². The summed E-state index contributed by atoms with van der Waals surface area (Å²) in [6.45, 7) is 6.40. The molecule has 2 N–H and O–H groups in total. The fourth-order valence-corrected chi connectivity index (χ4v) is 3.48. The summed E-state index contributed by atoms with van der Waals surface area (Å²) in [5.41, 5.74) is 1.28. The van der Waals surface area contributed by atoms with Crippen LogP contribution in [0.3, 0.4) is 0 Å². The number of likely N-dealkylation sites (N-methyl/N-ethyl adjacent to an activating group) is 1. The molecule has 0 aliphatic carbocycles. The van der Waals surface area contributed by atoms with Gasteiger partial charge in [0, 0.05) is 32.7 Å². The number of urea groups is 1. The van der Waals surface area contributed by atoms with Crippen molar-refractivity contribution in [3.05, 3.63) is 29.8 Å². The zero-order valence-corrected chi connectivity index (χ0v) is 15.9. The molecule has 0 radical (unpaired) electrons. The van der Waals surface area contributed by atoms with Crippen LogP contribution in [-0.2, 0) is 6.54 Å². The van der Waals surface area contributed by atoms with Crippen LogP contribution in [0, 0.1) is 5.92 Å². The topological polar surface area (TPSA) is 56.8 Å². The van der Waals surface area contributed by atoms with Crippen LogP contribution in [0.1, 0.15) is 18.9 Å². The molecule has 0 spiro atoms. The van der Waals surface area contributed by atoms with Crippen molar-refractivity contribution >= 4 is 6.03 Å². The molecule has 1 heterocycles. The molecule has 1 aromatic rings. The minimum atomic E-state index is -0.104. The number of ether oxygens (including phenoxy) is 1. The standard InChI is InChI=1S/C19H32N4O2/c1-5-25-17-8-6-7-15(11-17)13-23-10-9-16(12-21-19(24)20-2)18(14-23)22(3)4/h6-8,11,16,18H,5,9-10,12-14H2,1-4H3,(H2,20,21,24)/t16-,18-/m1/s1. The molecule has 6 nitrogen and oxygen atoms in total. The van der Waals surface area contributed by atoms with E-state index in [1.807, 2.05) is 13.0 Å². The van der Waals surface area contributed by atoms with Crippen LogP contribution in [0.25, 0.3) is 0 Å². The molecule has 0 unspecified atom stereocenters. The molecule has 1 aromatic carbocycles. The van der Waals surface area contributed by atoms with E-state index in [0.717, 1.165) is 38.3 Å². The summed E-state index contributed by atoms with van der Waals surface area (Å²) < 4.78 is 5.60. The molecule has 0 aromatic heterocycles. The number of hydrogen-bond acceptors (Lipinski definition) is 4. The summed E-state index contributed by atoms with van der Waals surface area (Å²) >= 11 is 0. The van der Waals surface area contributed by atoms with Crippen LogP contribution in [0.4, 0.5) is 4.79 Å². The van der Waals surface area contributed by atoms with Crippen molar-refractivity contribution in [1.82, 2.24) is 20.4 Å². The summed E-state index contributed by atoms with van der Waals surface area (Å²) in [6, 6.07) is 8.68. The largest absolute Gasteiger partial charge is 0.494 e. The van der Waals surface area contributed by atoms with E-state index in [1.165, 1.54) is 5.56 Å². The number of benzene rings is 1. The maximum Gasteiger partial charge on any atom is 0.314 e. The fraction of sp³-hybridized carbons (Fsp3) is 0.632. The highest BCUT2D eigenvalue weighted by Gasteiger charge is 2.30. The average molecular weight is 348 g/mol. The highest BCUT2D eigenvalue weighted by molar-refractivity contribution is 5.73. The van der Waals surface area contributed by atoms with Crippen molar-refractivity contribution in [2.75, 3.05) is 47.4 Å². The van der Waals surface area contributed by atoms with Gasteiger partial charge in [-0.05, 0) is 57.6 Å². The van der Waals surface area contributed by atoms with Gasteiger partial charge in [-0.15, -0.1) is 0 Å². The Morgan fingerprint density at radius 2 is 2.20 bits per heavy atom. The summed E-state index contributed by atoms with van der Waals surface area (Å²) in [7, 11) is 5.89. The van der Waals surface area contributed by atoms with Gasteiger partial charge in [0.2, 0.25) is 0 Å². The van der Waals surface area contributed by atoms with Crippen LogP contribution >= 0.6 is 0 Å². The second kappa shape index (κ2) is 9.63. The van der Waals surface area contributed by atoms with Crippen LogP contribution in [0.15, 0.2) is 24.3 Å². The fourth-order valence-electron chi connectivity index (χ4n) is 3.48.